The molecular formula is C10H18N2O4. The second-order valence-corrected chi connectivity index (χ2v) is 4.37. The van der Waals surface area contributed by atoms with Crippen molar-refractivity contribution >= 4 is 11.9 Å². The molecule has 1 amide bonds. The summed E-state index contributed by atoms with van der Waals surface area (Å²) in [5, 5.41) is 20.4. The number of aliphatic carboxylic acids is 1. The van der Waals surface area contributed by atoms with Crippen LogP contribution < -0.4 is 11.1 Å². The number of carbonyl (C=O) groups excluding carboxylic acids is 1. The molecule has 1 aliphatic rings. The fraction of sp³-hybridized carbons (Fsp3) is 0.800. The molecule has 5 N–H and O–H groups in total. The van der Waals surface area contributed by atoms with Crippen LogP contribution >= 0.6 is 0 Å². The van der Waals surface area contributed by atoms with Crippen LogP contribution in [0, 0.1) is 5.41 Å². The first kappa shape index (κ1) is 12.9. The van der Waals surface area contributed by atoms with Crippen molar-refractivity contribution in [1.29, 1.82) is 0 Å². The molecule has 1 aliphatic carbocycles. The summed E-state index contributed by atoms with van der Waals surface area (Å²) < 4.78 is 0. The average molecular weight is 230 g/mol. The van der Waals surface area contributed by atoms with Crippen LogP contribution in [0.15, 0.2) is 0 Å². The lowest BCUT2D eigenvalue weighted by atomic mass is 9.68. The highest BCUT2D eigenvalue weighted by Crippen LogP contribution is 2.40. The van der Waals surface area contributed by atoms with Crippen LogP contribution in [0.5, 0.6) is 0 Å². The predicted octanol–water partition coefficient (Wildman–Crippen LogP) is -0.934. The molecule has 6 nitrogen and oxygen atoms in total. The topological polar surface area (TPSA) is 113 Å². The first-order valence-corrected chi connectivity index (χ1v) is 5.35. The van der Waals surface area contributed by atoms with Gasteiger partial charge >= 0.3 is 5.97 Å². The number of nitrogens with one attached hydrogen (secondary N) is 1. The summed E-state index contributed by atoms with van der Waals surface area (Å²) in [4.78, 5) is 22.6. The quantitative estimate of drug-likeness (QED) is 0.487. The van der Waals surface area contributed by atoms with Gasteiger partial charge in [-0.15, -0.1) is 0 Å². The van der Waals surface area contributed by atoms with Crippen molar-refractivity contribution in [3.8, 4) is 0 Å². The summed E-state index contributed by atoms with van der Waals surface area (Å²) >= 11 is 0. The Hall–Kier alpha value is -1.14. The Labute approximate surface area is 93.8 Å². The molecule has 0 aromatic heterocycles. The third kappa shape index (κ3) is 2.33. The molecule has 0 aromatic carbocycles. The molecule has 0 aliphatic heterocycles. The van der Waals surface area contributed by atoms with E-state index in [1.807, 2.05) is 0 Å². The highest BCUT2D eigenvalue weighted by atomic mass is 16.4. The maximum atomic E-state index is 11.8. The predicted molar refractivity (Wildman–Crippen MR) is 56.6 cm³/mol. The molecule has 1 fully saturated rings. The summed E-state index contributed by atoms with van der Waals surface area (Å²) in [7, 11) is 0. The number of aliphatic hydroxyl groups excluding tert-OH is 1. The van der Waals surface area contributed by atoms with Crippen LogP contribution in [0.1, 0.15) is 26.2 Å². The van der Waals surface area contributed by atoms with Crippen LogP contribution in [0.2, 0.25) is 0 Å². The lowest BCUT2D eigenvalue weighted by molar-refractivity contribution is -0.148. The van der Waals surface area contributed by atoms with E-state index in [1.165, 1.54) is 6.92 Å². The smallest absolute Gasteiger partial charge is 0.328 e. The molecule has 0 unspecified atom stereocenters. The standard InChI is InChI=1S/C10H18N2O4/c1-6(13)7(8(14)15)12-9(16)10(5-11)3-2-4-10/h6-7,13H,2-5,11H2,1H3,(H,12,16)(H,14,15)/t6-,7+/m1/s1. The van der Waals surface area contributed by atoms with E-state index >= 15 is 0 Å². The molecule has 92 valence electrons. The van der Waals surface area contributed by atoms with Crippen molar-refractivity contribution in [3.05, 3.63) is 0 Å². The maximum Gasteiger partial charge on any atom is 0.328 e. The van der Waals surface area contributed by atoms with Gasteiger partial charge in [0.15, 0.2) is 6.04 Å². The minimum atomic E-state index is -1.27. The SMILES string of the molecule is C[C@@H](O)[C@H](NC(=O)C1(CN)CCC1)C(=O)O. The molecule has 0 saturated heterocycles. The second kappa shape index (κ2) is 4.80. The Morgan fingerprint density at radius 3 is 2.31 bits per heavy atom. The second-order valence-electron chi connectivity index (χ2n) is 4.37. The van der Waals surface area contributed by atoms with E-state index in [0.717, 1.165) is 6.42 Å². The van der Waals surface area contributed by atoms with Gasteiger partial charge in [-0.2, -0.15) is 0 Å². The first-order chi connectivity index (χ1) is 7.43. The van der Waals surface area contributed by atoms with Gasteiger partial charge in [-0.1, -0.05) is 6.42 Å². The van der Waals surface area contributed by atoms with E-state index in [-0.39, 0.29) is 12.5 Å². The van der Waals surface area contributed by atoms with Gasteiger partial charge in [0.1, 0.15) is 0 Å². The van der Waals surface area contributed by atoms with E-state index in [2.05, 4.69) is 5.32 Å². The minimum absolute atomic E-state index is 0.213. The highest BCUT2D eigenvalue weighted by Gasteiger charge is 2.44. The monoisotopic (exact) mass is 230 g/mol. The number of carboxylic acid groups (broad SMARTS) is 1. The number of carbonyl (C=O) groups is 2. The van der Waals surface area contributed by atoms with Crippen molar-refractivity contribution < 1.29 is 19.8 Å². The fourth-order valence-corrected chi connectivity index (χ4v) is 1.81. The van der Waals surface area contributed by atoms with Crippen molar-refractivity contribution in [2.75, 3.05) is 6.54 Å². The molecular weight excluding hydrogens is 212 g/mol. The van der Waals surface area contributed by atoms with Crippen LogP contribution in [0.25, 0.3) is 0 Å². The van der Waals surface area contributed by atoms with Gasteiger partial charge < -0.3 is 21.3 Å². The molecule has 0 radical (unpaired) electrons. The number of aliphatic hydroxyl groups is 1. The first-order valence-electron chi connectivity index (χ1n) is 5.35. The zero-order chi connectivity index (χ0) is 12.3. The van der Waals surface area contributed by atoms with E-state index in [0.29, 0.717) is 12.8 Å². The third-order valence-corrected chi connectivity index (χ3v) is 3.22. The molecule has 0 heterocycles. The third-order valence-electron chi connectivity index (χ3n) is 3.22. The van der Waals surface area contributed by atoms with E-state index in [9.17, 15) is 14.7 Å². The van der Waals surface area contributed by atoms with Crippen molar-refractivity contribution in [3.63, 3.8) is 0 Å². The van der Waals surface area contributed by atoms with E-state index in [4.69, 9.17) is 10.8 Å². The summed E-state index contributed by atoms with van der Waals surface area (Å²) in [6, 6.07) is -1.27. The molecule has 0 bridgehead atoms. The molecule has 2 atom stereocenters. The Balaban J connectivity index is 2.65. The summed E-state index contributed by atoms with van der Waals surface area (Å²) in [5.74, 6) is -1.61. The molecule has 0 spiro atoms. The lowest BCUT2D eigenvalue weighted by Gasteiger charge is -2.39. The van der Waals surface area contributed by atoms with Crippen LogP contribution in [-0.4, -0.2) is 40.8 Å². The van der Waals surface area contributed by atoms with Gasteiger partial charge in [0.25, 0.3) is 0 Å². The summed E-state index contributed by atoms with van der Waals surface area (Å²) in [6.45, 7) is 1.54. The zero-order valence-corrected chi connectivity index (χ0v) is 9.27. The van der Waals surface area contributed by atoms with Crippen molar-refractivity contribution in [2.45, 2.75) is 38.3 Å². The van der Waals surface area contributed by atoms with E-state index < -0.39 is 23.5 Å². The van der Waals surface area contributed by atoms with Gasteiger partial charge in [-0.05, 0) is 19.8 Å². The van der Waals surface area contributed by atoms with Gasteiger partial charge in [-0.25, -0.2) is 4.79 Å². The van der Waals surface area contributed by atoms with Gasteiger partial charge in [0, 0.05) is 6.54 Å². The number of hydrogen-bond donors (Lipinski definition) is 4. The Morgan fingerprint density at radius 2 is 2.06 bits per heavy atom. The largest absolute Gasteiger partial charge is 0.480 e. The van der Waals surface area contributed by atoms with Crippen LogP contribution in [0.4, 0.5) is 0 Å². The summed E-state index contributed by atoms with van der Waals surface area (Å²) in [6.07, 6.45) is 1.16. The molecule has 1 saturated carbocycles. The molecule has 0 aromatic rings. The van der Waals surface area contributed by atoms with Crippen molar-refractivity contribution in [2.24, 2.45) is 11.1 Å². The van der Waals surface area contributed by atoms with Gasteiger partial charge in [0.05, 0.1) is 11.5 Å². The number of rotatable bonds is 5. The Morgan fingerprint density at radius 1 is 1.50 bits per heavy atom. The molecule has 1 rings (SSSR count). The van der Waals surface area contributed by atoms with Crippen molar-refractivity contribution in [1.82, 2.24) is 5.32 Å². The number of nitrogens with two attached hydrogens (primary N) is 1. The lowest BCUT2D eigenvalue weighted by Crippen LogP contribution is -2.56. The molecule has 6 heteroatoms. The van der Waals surface area contributed by atoms with Gasteiger partial charge in [0.2, 0.25) is 5.91 Å². The summed E-state index contributed by atoms with van der Waals surface area (Å²) in [5.41, 5.74) is 4.90. The zero-order valence-electron chi connectivity index (χ0n) is 9.27. The highest BCUT2D eigenvalue weighted by molar-refractivity contribution is 5.88. The fourth-order valence-electron chi connectivity index (χ4n) is 1.81. The van der Waals surface area contributed by atoms with Crippen LogP contribution in [-0.2, 0) is 9.59 Å². The number of amides is 1. The van der Waals surface area contributed by atoms with E-state index in [1.54, 1.807) is 0 Å². The molecule has 16 heavy (non-hydrogen) atoms. The average Bonchev–Trinajstić information content (AvgIpc) is 2.12. The normalized spacial score (nSPS) is 21.7. The number of hydrogen-bond acceptors (Lipinski definition) is 4. The Kier molecular flexibility index (Phi) is 3.88. The van der Waals surface area contributed by atoms with Crippen LogP contribution in [0.3, 0.4) is 0 Å². The Bertz CT molecular complexity index is 281. The maximum absolute atomic E-state index is 11.8. The minimum Gasteiger partial charge on any atom is -0.480 e. The van der Waals surface area contributed by atoms with Gasteiger partial charge in [-0.3, -0.25) is 4.79 Å². The number of carboxylic acids is 1.